The van der Waals surface area contributed by atoms with E-state index in [1.54, 1.807) is 6.07 Å². The molecule has 0 radical (unpaired) electrons. The zero-order valence-electron chi connectivity index (χ0n) is 17.4. The Labute approximate surface area is 189 Å². The van der Waals surface area contributed by atoms with Crippen LogP contribution in [0.2, 0.25) is 5.02 Å². The van der Waals surface area contributed by atoms with Crippen molar-refractivity contribution in [1.82, 2.24) is 0 Å². The topological polar surface area (TPSA) is 86.0 Å². The van der Waals surface area contributed by atoms with E-state index in [2.05, 4.69) is 0 Å². The van der Waals surface area contributed by atoms with Crippen molar-refractivity contribution in [2.45, 2.75) is 37.7 Å². The third-order valence-electron chi connectivity index (χ3n) is 6.17. The van der Waals surface area contributed by atoms with Crippen LogP contribution in [0.4, 0.5) is 0 Å². The van der Waals surface area contributed by atoms with E-state index in [1.807, 2.05) is 30.3 Å². The fourth-order valence-electron chi connectivity index (χ4n) is 4.13. The number of carbonyl (C=O) groups is 1. The summed E-state index contributed by atoms with van der Waals surface area (Å²) in [5.41, 5.74) is 2.15. The van der Waals surface area contributed by atoms with E-state index in [9.17, 15) is 9.59 Å². The lowest BCUT2D eigenvalue weighted by Gasteiger charge is -2.31. The van der Waals surface area contributed by atoms with Crippen molar-refractivity contribution in [3.63, 3.8) is 0 Å². The lowest BCUT2D eigenvalue weighted by molar-refractivity contribution is -0.151. The highest BCUT2D eigenvalue weighted by Crippen LogP contribution is 2.44. The van der Waals surface area contributed by atoms with Crippen LogP contribution in [0.25, 0.3) is 22.3 Å². The number of aliphatic carboxylic acids is 1. The summed E-state index contributed by atoms with van der Waals surface area (Å²) < 4.78 is 17.4. The van der Waals surface area contributed by atoms with E-state index < -0.39 is 5.97 Å². The molecule has 0 bridgehead atoms. The molecule has 1 N–H and O–H groups in total. The molecule has 2 aromatic carbocycles. The Morgan fingerprint density at radius 3 is 2.53 bits per heavy atom. The maximum atomic E-state index is 12.9. The number of ether oxygens (including phenoxy) is 2. The molecule has 3 aromatic rings. The van der Waals surface area contributed by atoms with E-state index >= 15 is 0 Å². The second-order valence-electron chi connectivity index (χ2n) is 8.46. The van der Waals surface area contributed by atoms with E-state index in [-0.39, 0.29) is 17.5 Å². The predicted octanol–water partition coefficient (Wildman–Crippen LogP) is 5.25. The Kier molecular flexibility index (Phi) is 5.66. The van der Waals surface area contributed by atoms with Crippen LogP contribution in [0.1, 0.15) is 37.2 Å². The molecule has 0 saturated heterocycles. The summed E-state index contributed by atoms with van der Waals surface area (Å²) >= 11 is 6.35. The molecule has 2 fully saturated rings. The molecule has 0 unspecified atom stereocenters. The number of halogens is 1. The molecule has 0 atom stereocenters. The molecule has 166 valence electrons. The smallest absolute Gasteiger partial charge is 0.306 e. The normalized spacial score (nSPS) is 20.2. The Hall–Kier alpha value is -2.83. The number of carboxylic acids is 1. The Morgan fingerprint density at radius 1 is 1.09 bits per heavy atom. The molecule has 5 rings (SSSR count). The monoisotopic (exact) mass is 454 g/mol. The molecule has 0 aliphatic heterocycles. The summed E-state index contributed by atoms with van der Waals surface area (Å²) in [6.07, 6.45) is 3.31. The Morgan fingerprint density at radius 2 is 1.84 bits per heavy atom. The number of hydrogen-bond acceptors (Lipinski definition) is 5. The molecule has 2 aliphatic carbocycles. The lowest BCUT2D eigenvalue weighted by Crippen LogP contribution is -2.36. The number of carboxylic acid groups (broad SMARTS) is 1. The van der Waals surface area contributed by atoms with Crippen molar-refractivity contribution >= 4 is 28.5 Å². The van der Waals surface area contributed by atoms with Crippen LogP contribution in [-0.4, -0.2) is 30.4 Å². The summed E-state index contributed by atoms with van der Waals surface area (Å²) in [6, 6.07) is 12.6. The van der Waals surface area contributed by atoms with Gasteiger partial charge in [-0.1, -0.05) is 17.7 Å². The first-order valence-corrected chi connectivity index (χ1v) is 11.2. The van der Waals surface area contributed by atoms with Gasteiger partial charge in [-0.05, 0) is 67.5 Å². The molecule has 6 nitrogen and oxygen atoms in total. The number of rotatable bonds is 8. The van der Waals surface area contributed by atoms with Gasteiger partial charge >= 0.3 is 5.97 Å². The minimum atomic E-state index is -0.755. The summed E-state index contributed by atoms with van der Waals surface area (Å²) in [6.45, 7) is 0.776. The second kappa shape index (κ2) is 8.60. The average Bonchev–Trinajstić information content (AvgIpc) is 3.58. The molecule has 7 heteroatoms. The van der Waals surface area contributed by atoms with Gasteiger partial charge < -0.3 is 19.0 Å². The SMILES string of the molecule is O=C(O)C1CC(OCCOc2ccc(-c3cc(=O)c4c(C5CC5)ccc(Cl)c4o3)cc2)C1. The first-order chi connectivity index (χ1) is 15.5. The first-order valence-electron chi connectivity index (χ1n) is 10.8. The maximum absolute atomic E-state index is 12.9. The van der Waals surface area contributed by atoms with Gasteiger partial charge in [0.15, 0.2) is 11.0 Å². The summed E-state index contributed by atoms with van der Waals surface area (Å²) in [7, 11) is 0. The maximum Gasteiger partial charge on any atom is 0.306 e. The molecule has 0 spiro atoms. The van der Waals surface area contributed by atoms with Crippen molar-refractivity contribution in [3.8, 4) is 17.1 Å². The van der Waals surface area contributed by atoms with Crippen LogP contribution in [0.3, 0.4) is 0 Å². The van der Waals surface area contributed by atoms with Crippen molar-refractivity contribution in [3.05, 3.63) is 63.3 Å². The summed E-state index contributed by atoms with van der Waals surface area (Å²) in [5.74, 6) is 0.524. The van der Waals surface area contributed by atoms with Crippen molar-refractivity contribution < 1.29 is 23.8 Å². The van der Waals surface area contributed by atoms with Crippen molar-refractivity contribution in [2.24, 2.45) is 5.92 Å². The van der Waals surface area contributed by atoms with Crippen molar-refractivity contribution in [1.29, 1.82) is 0 Å². The van der Waals surface area contributed by atoms with Gasteiger partial charge in [0.1, 0.15) is 18.1 Å². The highest BCUT2D eigenvalue weighted by molar-refractivity contribution is 6.34. The van der Waals surface area contributed by atoms with Gasteiger partial charge in [-0.3, -0.25) is 9.59 Å². The quantitative estimate of drug-likeness (QED) is 0.468. The molecule has 1 heterocycles. The number of fused-ring (bicyclic) bond motifs is 1. The van der Waals surface area contributed by atoms with E-state index in [0.717, 1.165) is 24.0 Å². The predicted molar refractivity (Wildman–Crippen MR) is 120 cm³/mol. The molecular weight excluding hydrogens is 432 g/mol. The second-order valence-corrected chi connectivity index (χ2v) is 8.87. The van der Waals surface area contributed by atoms with Gasteiger partial charge in [0.05, 0.1) is 29.0 Å². The molecule has 2 saturated carbocycles. The molecule has 32 heavy (non-hydrogen) atoms. The van der Waals surface area contributed by atoms with Gasteiger partial charge in [-0.25, -0.2) is 0 Å². The average molecular weight is 455 g/mol. The van der Waals surface area contributed by atoms with E-state index in [1.165, 1.54) is 6.07 Å². The highest BCUT2D eigenvalue weighted by Gasteiger charge is 2.35. The van der Waals surface area contributed by atoms with Gasteiger partial charge in [-0.2, -0.15) is 0 Å². The van der Waals surface area contributed by atoms with Gasteiger partial charge in [0.2, 0.25) is 0 Å². The first kappa shape index (κ1) is 21.0. The summed E-state index contributed by atoms with van der Waals surface area (Å²) in [4.78, 5) is 23.7. The van der Waals surface area contributed by atoms with E-state index in [4.69, 9.17) is 30.6 Å². The number of benzene rings is 2. The van der Waals surface area contributed by atoms with Crippen LogP contribution >= 0.6 is 11.6 Å². The largest absolute Gasteiger partial charge is 0.491 e. The zero-order chi connectivity index (χ0) is 22.2. The standard InChI is InChI=1S/C25H23ClO6/c26-20-8-7-19(14-1-2-14)23-21(27)13-22(32-24(20)23)15-3-5-17(6-4-15)30-9-10-31-18-11-16(12-18)25(28)29/h3-8,13-14,16,18H,1-2,9-12H2,(H,28,29). The summed E-state index contributed by atoms with van der Waals surface area (Å²) in [5, 5.41) is 9.90. The van der Waals surface area contributed by atoms with Crippen LogP contribution in [0, 0.1) is 5.92 Å². The Bertz CT molecular complexity index is 1210. The zero-order valence-corrected chi connectivity index (χ0v) is 18.1. The van der Waals surface area contributed by atoms with Crippen LogP contribution in [0.15, 0.2) is 51.7 Å². The lowest BCUT2D eigenvalue weighted by atomic mass is 9.82. The number of hydrogen-bond donors (Lipinski definition) is 1. The van der Waals surface area contributed by atoms with Gasteiger partial charge in [0, 0.05) is 11.6 Å². The van der Waals surface area contributed by atoms with Crippen LogP contribution < -0.4 is 10.2 Å². The third kappa shape index (κ3) is 4.25. The molecule has 2 aliphatic rings. The highest BCUT2D eigenvalue weighted by atomic mass is 35.5. The third-order valence-corrected chi connectivity index (χ3v) is 6.47. The molecule has 0 amide bonds. The van der Waals surface area contributed by atoms with Gasteiger partial charge in [-0.15, -0.1) is 0 Å². The van der Waals surface area contributed by atoms with Crippen LogP contribution in [0.5, 0.6) is 5.75 Å². The minimum Gasteiger partial charge on any atom is -0.491 e. The minimum absolute atomic E-state index is 0.00475. The molecular formula is C25H23ClO6. The van der Waals surface area contributed by atoms with Gasteiger partial charge in [0.25, 0.3) is 0 Å². The van der Waals surface area contributed by atoms with Crippen LogP contribution in [-0.2, 0) is 9.53 Å². The Balaban J connectivity index is 1.24. The van der Waals surface area contributed by atoms with Crippen molar-refractivity contribution in [2.75, 3.05) is 13.2 Å². The molecule has 1 aromatic heterocycles. The fourth-order valence-corrected chi connectivity index (χ4v) is 4.32. The van der Waals surface area contributed by atoms with E-state index in [0.29, 0.717) is 59.5 Å². The fraction of sp³-hybridized carbons (Fsp3) is 0.360.